The molecule has 0 radical (unpaired) electrons. The van der Waals surface area contributed by atoms with E-state index >= 15 is 0 Å². The zero-order valence-electron chi connectivity index (χ0n) is 13.1. The van der Waals surface area contributed by atoms with Crippen LogP contribution in [-0.2, 0) is 16.6 Å². The van der Waals surface area contributed by atoms with Gasteiger partial charge in [-0.3, -0.25) is 4.68 Å². The number of aromatic nitrogens is 2. The Morgan fingerprint density at radius 2 is 2.00 bits per heavy atom. The van der Waals surface area contributed by atoms with Gasteiger partial charge in [0.15, 0.2) is 0 Å². The van der Waals surface area contributed by atoms with Crippen LogP contribution in [0.2, 0.25) is 0 Å². The number of rotatable bonds is 5. The Morgan fingerprint density at radius 3 is 2.52 bits per heavy atom. The van der Waals surface area contributed by atoms with Crippen molar-refractivity contribution in [3.05, 3.63) is 11.4 Å². The molecule has 1 fully saturated rings. The summed E-state index contributed by atoms with van der Waals surface area (Å²) in [5.41, 5.74) is 1.29. The number of aryl methyl sites for hydroxylation is 2. The maximum atomic E-state index is 13.0. The molecular weight excluding hydrogens is 310 g/mol. The van der Waals surface area contributed by atoms with Crippen molar-refractivity contribution in [1.82, 2.24) is 14.1 Å². The third-order valence-corrected chi connectivity index (χ3v) is 6.61. The number of hydrogen-bond acceptors (Lipinski definition) is 3. The predicted octanol–water partition coefficient (Wildman–Crippen LogP) is 2.55. The molecule has 2 heterocycles. The second-order valence-corrected chi connectivity index (χ2v) is 8.24. The zero-order chi connectivity index (χ0) is 15.8. The lowest BCUT2D eigenvalue weighted by Crippen LogP contribution is -2.34. The Kier molecular flexibility index (Phi) is 5.00. The largest absolute Gasteiger partial charge is 0.268 e. The molecule has 21 heavy (non-hydrogen) atoms. The second-order valence-electron chi connectivity index (χ2n) is 6.03. The monoisotopic (exact) mass is 333 g/mol. The van der Waals surface area contributed by atoms with E-state index in [2.05, 4.69) is 12.0 Å². The van der Waals surface area contributed by atoms with Crippen LogP contribution in [-0.4, -0.2) is 41.0 Å². The summed E-state index contributed by atoms with van der Waals surface area (Å²) in [7, 11) is -3.47. The van der Waals surface area contributed by atoms with E-state index in [0.717, 1.165) is 12.8 Å². The molecule has 0 N–H and O–H groups in total. The van der Waals surface area contributed by atoms with Gasteiger partial charge in [0, 0.05) is 25.0 Å². The van der Waals surface area contributed by atoms with Crippen LogP contribution in [0.4, 0.5) is 0 Å². The highest BCUT2D eigenvalue weighted by atomic mass is 35.5. The van der Waals surface area contributed by atoms with Crippen molar-refractivity contribution in [2.75, 3.05) is 12.4 Å². The summed E-state index contributed by atoms with van der Waals surface area (Å²) in [5.74, 6) is 0.947. The average Bonchev–Trinajstić information content (AvgIpc) is 2.87. The predicted molar refractivity (Wildman–Crippen MR) is 84.2 cm³/mol. The molecule has 2 rings (SSSR count). The van der Waals surface area contributed by atoms with Crippen molar-refractivity contribution in [2.45, 2.75) is 58.0 Å². The highest BCUT2D eigenvalue weighted by Gasteiger charge is 2.38. The molecule has 1 aliphatic heterocycles. The second kappa shape index (κ2) is 6.26. The van der Waals surface area contributed by atoms with E-state index in [1.807, 2.05) is 13.8 Å². The van der Waals surface area contributed by atoms with Crippen LogP contribution in [0.25, 0.3) is 0 Å². The lowest BCUT2D eigenvalue weighted by atomic mass is 10.1. The molecule has 1 saturated heterocycles. The molecule has 2 unspecified atom stereocenters. The first-order valence-electron chi connectivity index (χ1n) is 7.40. The van der Waals surface area contributed by atoms with Crippen molar-refractivity contribution < 1.29 is 8.42 Å². The normalized spacial score (nSPS) is 23.9. The van der Waals surface area contributed by atoms with E-state index < -0.39 is 10.0 Å². The van der Waals surface area contributed by atoms with Gasteiger partial charge < -0.3 is 0 Å². The van der Waals surface area contributed by atoms with E-state index in [1.54, 1.807) is 15.9 Å². The third-order valence-electron chi connectivity index (χ3n) is 4.11. The molecule has 120 valence electrons. The fourth-order valence-corrected chi connectivity index (χ4v) is 5.45. The molecule has 7 heteroatoms. The highest BCUT2D eigenvalue weighted by molar-refractivity contribution is 7.89. The quantitative estimate of drug-likeness (QED) is 0.778. The Balaban J connectivity index is 2.39. The maximum Gasteiger partial charge on any atom is 0.246 e. The van der Waals surface area contributed by atoms with Crippen LogP contribution in [0.15, 0.2) is 4.90 Å². The topological polar surface area (TPSA) is 55.2 Å². The van der Waals surface area contributed by atoms with Gasteiger partial charge in [0.05, 0.1) is 11.4 Å². The zero-order valence-corrected chi connectivity index (χ0v) is 14.7. The van der Waals surface area contributed by atoms with Crippen molar-refractivity contribution in [3.8, 4) is 0 Å². The van der Waals surface area contributed by atoms with Gasteiger partial charge in [0.25, 0.3) is 0 Å². The first-order chi connectivity index (χ1) is 9.78. The van der Waals surface area contributed by atoms with Crippen molar-refractivity contribution in [1.29, 1.82) is 0 Å². The van der Waals surface area contributed by atoms with E-state index in [9.17, 15) is 8.42 Å². The van der Waals surface area contributed by atoms with Crippen LogP contribution < -0.4 is 0 Å². The lowest BCUT2D eigenvalue weighted by Gasteiger charge is -2.21. The fraction of sp³-hybridized carbons (Fsp3) is 0.786. The Morgan fingerprint density at radius 1 is 1.33 bits per heavy atom. The van der Waals surface area contributed by atoms with Gasteiger partial charge in [-0.05, 0) is 39.5 Å². The molecule has 0 aliphatic carbocycles. The van der Waals surface area contributed by atoms with Crippen LogP contribution in [0.1, 0.15) is 38.1 Å². The Bertz CT molecular complexity index is 612. The molecule has 0 bridgehead atoms. The lowest BCUT2D eigenvalue weighted by molar-refractivity contribution is 0.405. The van der Waals surface area contributed by atoms with Crippen LogP contribution in [0.5, 0.6) is 0 Å². The summed E-state index contributed by atoms with van der Waals surface area (Å²) in [5, 5.41) is 4.38. The van der Waals surface area contributed by atoms with E-state index in [-0.39, 0.29) is 6.04 Å². The molecule has 1 aliphatic rings. The minimum atomic E-state index is -3.47. The molecule has 0 aromatic carbocycles. The molecule has 1 aromatic rings. The third kappa shape index (κ3) is 3.12. The number of hydrogen-bond donors (Lipinski definition) is 0. The number of alkyl halides is 1. The van der Waals surface area contributed by atoms with Gasteiger partial charge in [-0.1, -0.05) is 6.92 Å². The van der Waals surface area contributed by atoms with Gasteiger partial charge in [-0.2, -0.15) is 9.40 Å². The fourth-order valence-electron chi connectivity index (χ4n) is 3.19. The first-order valence-corrected chi connectivity index (χ1v) is 9.38. The SMILES string of the molecule is Cc1nn(CCCCl)c(C)c1S(=O)(=O)N1CC(C)CC1C. The van der Waals surface area contributed by atoms with Crippen LogP contribution in [0.3, 0.4) is 0 Å². The number of nitrogens with zero attached hydrogens (tertiary/aromatic N) is 3. The maximum absolute atomic E-state index is 13.0. The van der Waals surface area contributed by atoms with Crippen molar-refractivity contribution >= 4 is 21.6 Å². The standard InChI is InChI=1S/C14H24ClN3O2S/c1-10-8-11(2)18(9-10)21(19,20)14-12(3)16-17(13(14)4)7-5-6-15/h10-11H,5-9H2,1-4H3. The smallest absolute Gasteiger partial charge is 0.246 e. The van der Waals surface area contributed by atoms with E-state index in [1.165, 1.54) is 0 Å². The minimum Gasteiger partial charge on any atom is -0.268 e. The van der Waals surface area contributed by atoms with Gasteiger partial charge in [-0.25, -0.2) is 8.42 Å². The summed E-state index contributed by atoms with van der Waals surface area (Å²) in [6.07, 6.45) is 1.69. The summed E-state index contributed by atoms with van der Waals surface area (Å²) in [6.45, 7) is 8.90. The molecule has 0 spiro atoms. The van der Waals surface area contributed by atoms with E-state index in [4.69, 9.17) is 11.6 Å². The molecule has 0 saturated carbocycles. The summed E-state index contributed by atoms with van der Waals surface area (Å²) in [6, 6.07) is 0.0509. The number of halogens is 1. The first kappa shape index (κ1) is 16.8. The van der Waals surface area contributed by atoms with E-state index in [0.29, 0.717) is 41.2 Å². The Labute approximate surface area is 132 Å². The minimum absolute atomic E-state index is 0.0509. The molecule has 1 aromatic heterocycles. The number of sulfonamides is 1. The average molecular weight is 334 g/mol. The van der Waals surface area contributed by atoms with Gasteiger partial charge in [0.1, 0.15) is 4.90 Å². The molecule has 0 amide bonds. The molecule has 5 nitrogen and oxygen atoms in total. The van der Waals surface area contributed by atoms with Crippen molar-refractivity contribution in [2.24, 2.45) is 5.92 Å². The van der Waals surface area contributed by atoms with Crippen molar-refractivity contribution in [3.63, 3.8) is 0 Å². The van der Waals surface area contributed by atoms with Gasteiger partial charge in [-0.15, -0.1) is 11.6 Å². The van der Waals surface area contributed by atoms with Gasteiger partial charge >= 0.3 is 0 Å². The highest BCUT2D eigenvalue weighted by Crippen LogP contribution is 2.31. The van der Waals surface area contributed by atoms with Crippen LogP contribution in [0, 0.1) is 19.8 Å². The van der Waals surface area contributed by atoms with Gasteiger partial charge in [0.2, 0.25) is 10.0 Å². The summed E-state index contributed by atoms with van der Waals surface area (Å²) < 4.78 is 29.3. The Hall–Kier alpha value is -0.590. The summed E-state index contributed by atoms with van der Waals surface area (Å²) in [4.78, 5) is 0.373. The summed E-state index contributed by atoms with van der Waals surface area (Å²) >= 11 is 5.71. The molecule has 2 atom stereocenters. The van der Waals surface area contributed by atoms with Crippen LogP contribution >= 0.6 is 11.6 Å². The molecular formula is C14H24ClN3O2S.